The van der Waals surface area contributed by atoms with Crippen LogP contribution in [-0.4, -0.2) is 41.8 Å². The Bertz CT molecular complexity index is 481. The maximum atomic E-state index is 13.2. The van der Waals surface area contributed by atoms with Crippen LogP contribution in [0.3, 0.4) is 0 Å². The van der Waals surface area contributed by atoms with Crippen molar-refractivity contribution in [3.05, 3.63) is 29.3 Å². The van der Waals surface area contributed by atoms with Crippen LogP contribution >= 0.6 is 0 Å². The predicted molar refractivity (Wildman–Crippen MR) is 59.8 cm³/mol. The summed E-state index contributed by atoms with van der Waals surface area (Å²) >= 11 is 0. The molecular formula is C11H11F5N2O2. The number of aliphatic hydroxyl groups is 1. The van der Waals surface area contributed by atoms with Crippen molar-refractivity contribution in [2.75, 3.05) is 25.4 Å². The maximum absolute atomic E-state index is 13.2. The van der Waals surface area contributed by atoms with Gasteiger partial charge in [0.2, 0.25) is 0 Å². The quantitative estimate of drug-likeness (QED) is 0.654. The van der Waals surface area contributed by atoms with Crippen LogP contribution in [0.4, 0.5) is 27.6 Å². The Balaban J connectivity index is 3.06. The lowest BCUT2D eigenvalue weighted by atomic mass is 10.1. The van der Waals surface area contributed by atoms with Gasteiger partial charge in [0.25, 0.3) is 5.91 Å². The molecular weight excluding hydrogens is 287 g/mol. The summed E-state index contributed by atoms with van der Waals surface area (Å²) in [7, 11) is 0. The fourth-order valence-electron chi connectivity index (χ4n) is 1.48. The minimum absolute atomic E-state index is 0.240. The van der Waals surface area contributed by atoms with Crippen LogP contribution < -0.4 is 5.73 Å². The fourth-order valence-corrected chi connectivity index (χ4v) is 1.48. The molecule has 112 valence electrons. The Kier molecular flexibility index (Phi) is 4.88. The number of aliphatic hydroxyl groups excluding tert-OH is 1. The number of carbonyl (C=O) groups excluding carboxylic acids is 1. The van der Waals surface area contributed by atoms with Crippen molar-refractivity contribution >= 4 is 11.6 Å². The zero-order chi connectivity index (χ0) is 15.5. The molecule has 4 nitrogen and oxygen atoms in total. The molecule has 9 heteroatoms. The van der Waals surface area contributed by atoms with E-state index in [-0.39, 0.29) is 4.90 Å². The van der Waals surface area contributed by atoms with E-state index < -0.39 is 54.7 Å². The third kappa shape index (κ3) is 4.05. The highest BCUT2D eigenvalue weighted by Gasteiger charge is 2.33. The van der Waals surface area contributed by atoms with Gasteiger partial charge >= 0.3 is 6.18 Å². The van der Waals surface area contributed by atoms with Gasteiger partial charge in [-0.3, -0.25) is 4.79 Å². The van der Waals surface area contributed by atoms with Gasteiger partial charge in [-0.1, -0.05) is 0 Å². The number of nitrogens with two attached hydrogens (primary N) is 1. The molecule has 3 N–H and O–H groups in total. The van der Waals surface area contributed by atoms with E-state index in [1.54, 1.807) is 0 Å². The van der Waals surface area contributed by atoms with E-state index in [4.69, 9.17) is 10.8 Å². The predicted octanol–water partition coefficient (Wildman–Crippen LogP) is 1.54. The number of hydrogen-bond acceptors (Lipinski definition) is 3. The number of nitrogen functional groups attached to an aromatic ring is 1. The van der Waals surface area contributed by atoms with Crippen molar-refractivity contribution in [2.45, 2.75) is 6.18 Å². The molecule has 20 heavy (non-hydrogen) atoms. The number of anilines is 1. The number of nitrogens with zero attached hydrogens (tertiary/aromatic N) is 1. The fraction of sp³-hybridized carbons (Fsp3) is 0.364. The number of alkyl halides is 3. The third-order valence-electron chi connectivity index (χ3n) is 2.35. The van der Waals surface area contributed by atoms with E-state index in [0.29, 0.717) is 12.1 Å². The van der Waals surface area contributed by atoms with Gasteiger partial charge < -0.3 is 15.7 Å². The first-order valence-corrected chi connectivity index (χ1v) is 5.37. The molecule has 1 amide bonds. The van der Waals surface area contributed by atoms with Gasteiger partial charge in [-0.2, -0.15) is 13.2 Å². The minimum Gasteiger partial charge on any atom is -0.395 e. The van der Waals surface area contributed by atoms with Crippen molar-refractivity contribution in [1.82, 2.24) is 4.90 Å². The Morgan fingerprint density at radius 1 is 1.25 bits per heavy atom. The highest BCUT2D eigenvalue weighted by atomic mass is 19.4. The molecule has 0 fully saturated rings. The van der Waals surface area contributed by atoms with Gasteiger partial charge in [-0.15, -0.1) is 0 Å². The van der Waals surface area contributed by atoms with E-state index in [2.05, 4.69) is 0 Å². The average Bonchev–Trinajstić information content (AvgIpc) is 2.32. The summed E-state index contributed by atoms with van der Waals surface area (Å²) in [5.41, 5.74) is 3.55. The molecule has 0 unspecified atom stereocenters. The number of carbonyl (C=O) groups is 1. The van der Waals surface area contributed by atoms with Gasteiger partial charge in [0.05, 0.1) is 6.61 Å². The standard InChI is InChI=1S/C11H11F5N2O2/c12-7-3-6(4-8(13)9(7)17)10(20)18(1-2-19)5-11(14,15)16/h3-4,19H,1-2,5,17H2. The summed E-state index contributed by atoms with van der Waals surface area (Å²) < 4.78 is 63.2. The molecule has 0 saturated carbocycles. The number of hydrogen-bond donors (Lipinski definition) is 2. The maximum Gasteiger partial charge on any atom is 0.406 e. The summed E-state index contributed by atoms with van der Waals surface area (Å²) in [5, 5.41) is 8.65. The number of benzene rings is 1. The topological polar surface area (TPSA) is 66.6 Å². The Morgan fingerprint density at radius 3 is 2.15 bits per heavy atom. The Labute approximate surface area is 110 Å². The molecule has 0 aliphatic carbocycles. The first-order valence-electron chi connectivity index (χ1n) is 5.37. The Hall–Kier alpha value is -1.90. The lowest BCUT2D eigenvalue weighted by Gasteiger charge is -2.23. The molecule has 0 saturated heterocycles. The van der Waals surface area contributed by atoms with Gasteiger partial charge in [0.15, 0.2) is 0 Å². The van der Waals surface area contributed by atoms with Crippen LogP contribution in [0.5, 0.6) is 0 Å². The van der Waals surface area contributed by atoms with E-state index >= 15 is 0 Å². The van der Waals surface area contributed by atoms with Crippen molar-refractivity contribution in [3.8, 4) is 0 Å². The van der Waals surface area contributed by atoms with Gasteiger partial charge in [0, 0.05) is 12.1 Å². The highest BCUT2D eigenvalue weighted by Crippen LogP contribution is 2.21. The smallest absolute Gasteiger partial charge is 0.395 e. The van der Waals surface area contributed by atoms with Crippen LogP contribution in [0.25, 0.3) is 0 Å². The van der Waals surface area contributed by atoms with E-state index in [9.17, 15) is 26.7 Å². The first-order chi connectivity index (χ1) is 9.15. The molecule has 0 aliphatic rings. The molecule has 0 aromatic heterocycles. The van der Waals surface area contributed by atoms with Gasteiger partial charge in [0.1, 0.15) is 23.9 Å². The molecule has 0 radical (unpaired) electrons. The molecule has 0 aliphatic heterocycles. The zero-order valence-corrected chi connectivity index (χ0v) is 10.0. The van der Waals surface area contributed by atoms with E-state index in [0.717, 1.165) is 0 Å². The summed E-state index contributed by atoms with van der Waals surface area (Å²) in [5.74, 6) is -3.75. The normalized spacial score (nSPS) is 11.5. The molecule has 0 bridgehead atoms. The van der Waals surface area contributed by atoms with Crippen LogP contribution in [0.15, 0.2) is 12.1 Å². The zero-order valence-electron chi connectivity index (χ0n) is 10.0. The lowest BCUT2D eigenvalue weighted by molar-refractivity contribution is -0.141. The summed E-state index contributed by atoms with van der Waals surface area (Å²) in [6, 6.07) is 1.09. The van der Waals surface area contributed by atoms with Crippen molar-refractivity contribution < 1.29 is 31.9 Å². The van der Waals surface area contributed by atoms with E-state index in [1.165, 1.54) is 0 Å². The highest BCUT2D eigenvalue weighted by molar-refractivity contribution is 5.94. The third-order valence-corrected chi connectivity index (χ3v) is 2.35. The molecule has 1 aromatic carbocycles. The first kappa shape index (κ1) is 16.2. The average molecular weight is 298 g/mol. The summed E-state index contributed by atoms with van der Waals surface area (Å²) in [6.07, 6.45) is -4.70. The second-order valence-corrected chi connectivity index (χ2v) is 3.92. The van der Waals surface area contributed by atoms with E-state index in [1.807, 2.05) is 0 Å². The summed E-state index contributed by atoms with van der Waals surface area (Å²) in [6.45, 7) is -2.98. The van der Waals surface area contributed by atoms with Gasteiger partial charge in [-0.05, 0) is 12.1 Å². The second kappa shape index (κ2) is 6.04. The van der Waals surface area contributed by atoms with Gasteiger partial charge in [-0.25, -0.2) is 8.78 Å². The number of rotatable bonds is 4. The van der Waals surface area contributed by atoms with Crippen molar-refractivity contribution in [2.24, 2.45) is 0 Å². The van der Waals surface area contributed by atoms with Crippen LogP contribution in [0.2, 0.25) is 0 Å². The van der Waals surface area contributed by atoms with Crippen molar-refractivity contribution in [3.63, 3.8) is 0 Å². The SMILES string of the molecule is Nc1c(F)cc(C(=O)N(CCO)CC(F)(F)F)cc1F. The van der Waals surface area contributed by atoms with Crippen LogP contribution in [0, 0.1) is 11.6 Å². The van der Waals surface area contributed by atoms with Crippen LogP contribution in [-0.2, 0) is 0 Å². The molecule has 0 atom stereocenters. The van der Waals surface area contributed by atoms with Crippen molar-refractivity contribution in [1.29, 1.82) is 0 Å². The Morgan fingerprint density at radius 2 is 1.75 bits per heavy atom. The second-order valence-electron chi connectivity index (χ2n) is 3.92. The number of amides is 1. The molecule has 0 spiro atoms. The summed E-state index contributed by atoms with van der Waals surface area (Å²) in [4.78, 5) is 12.0. The number of halogens is 5. The monoisotopic (exact) mass is 298 g/mol. The largest absolute Gasteiger partial charge is 0.406 e. The molecule has 1 rings (SSSR count). The minimum atomic E-state index is -4.70. The lowest BCUT2D eigenvalue weighted by Crippen LogP contribution is -2.40. The molecule has 1 aromatic rings. The molecule has 0 heterocycles. The van der Waals surface area contributed by atoms with Crippen LogP contribution in [0.1, 0.15) is 10.4 Å².